The lowest BCUT2D eigenvalue weighted by Gasteiger charge is -2.24. The summed E-state index contributed by atoms with van der Waals surface area (Å²) in [7, 11) is 0. The Kier molecular flexibility index (Phi) is 7.21. The molecule has 0 bridgehead atoms. The fraction of sp³-hybridized carbons (Fsp3) is 0.320. The molecule has 164 valence electrons. The second kappa shape index (κ2) is 9.86. The maximum atomic E-state index is 13.1. The molecule has 0 fully saturated rings. The second-order valence-corrected chi connectivity index (χ2v) is 7.77. The third-order valence-corrected chi connectivity index (χ3v) is 5.25. The van der Waals surface area contributed by atoms with Gasteiger partial charge in [-0.1, -0.05) is 43.2 Å². The van der Waals surface area contributed by atoms with Crippen LogP contribution in [0.3, 0.4) is 0 Å². The monoisotopic (exact) mass is 428 g/mol. The van der Waals surface area contributed by atoms with Crippen LogP contribution in [0, 0.1) is 6.92 Å². The standard InChI is InChI=1S/C25H27F3N2O/c1-3-4-14-30(24(31)21-12-10-19(2)11-13-21)18-23-9-6-15-29(23)17-20-7-5-8-22(16-20)25(26,27)28/h5-13,15-16H,3-4,14,17-18H2,1-2H3. The number of alkyl halides is 3. The maximum Gasteiger partial charge on any atom is 0.416 e. The van der Waals surface area contributed by atoms with E-state index >= 15 is 0 Å². The van der Waals surface area contributed by atoms with Crippen LogP contribution in [0.1, 0.15) is 52.5 Å². The van der Waals surface area contributed by atoms with E-state index in [4.69, 9.17) is 0 Å². The molecule has 3 nitrogen and oxygen atoms in total. The zero-order valence-corrected chi connectivity index (χ0v) is 17.8. The van der Waals surface area contributed by atoms with Crippen molar-refractivity contribution in [3.8, 4) is 0 Å². The van der Waals surface area contributed by atoms with Gasteiger partial charge in [0.05, 0.1) is 12.1 Å². The van der Waals surface area contributed by atoms with Gasteiger partial charge in [-0.3, -0.25) is 4.79 Å². The molecule has 0 unspecified atom stereocenters. The van der Waals surface area contributed by atoms with Crippen LogP contribution in [0.15, 0.2) is 66.9 Å². The molecule has 0 atom stereocenters. The van der Waals surface area contributed by atoms with Crippen molar-refractivity contribution in [3.05, 3.63) is 94.8 Å². The number of carbonyl (C=O) groups is 1. The lowest BCUT2D eigenvalue weighted by molar-refractivity contribution is -0.137. The van der Waals surface area contributed by atoms with E-state index in [2.05, 4.69) is 6.92 Å². The Balaban J connectivity index is 1.80. The number of amides is 1. The highest BCUT2D eigenvalue weighted by Gasteiger charge is 2.30. The topological polar surface area (TPSA) is 25.2 Å². The minimum atomic E-state index is -4.37. The van der Waals surface area contributed by atoms with E-state index in [0.717, 1.165) is 30.2 Å². The number of rotatable bonds is 8. The number of nitrogens with zero attached hydrogens (tertiary/aromatic N) is 2. The molecular weight excluding hydrogens is 401 g/mol. The summed E-state index contributed by atoms with van der Waals surface area (Å²) in [5.41, 5.74) is 2.52. The number of aryl methyl sites for hydroxylation is 1. The van der Waals surface area contributed by atoms with Gasteiger partial charge in [0.1, 0.15) is 0 Å². The van der Waals surface area contributed by atoms with Crippen LogP contribution in [-0.2, 0) is 19.3 Å². The molecule has 1 heterocycles. The number of aromatic nitrogens is 1. The summed E-state index contributed by atoms with van der Waals surface area (Å²) >= 11 is 0. The molecule has 0 spiro atoms. The van der Waals surface area contributed by atoms with Crippen LogP contribution in [0.5, 0.6) is 0 Å². The molecular formula is C25H27F3N2O. The highest BCUT2D eigenvalue weighted by molar-refractivity contribution is 5.94. The SMILES string of the molecule is CCCCN(Cc1cccn1Cc1cccc(C(F)(F)F)c1)C(=O)c1ccc(C)cc1. The fourth-order valence-electron chi connectivity index (χ4n) is 3.47. The molecule has 0 aliphatic rings. The third-order valence-electron chi connectivity index (χ3n) is 5.25. The van der Waals surface area contributed by atoms with E-state index in [0.29, 0.717) is 30.8 Å². The molecule has 0 aliphatic carbocycles. The highest BCUT2D eigenvalue weighted by Crippen LogP contribution is 2.29. The summed E-state index contributed by atoms with van der Waals surface area (Å²) < 4.78 is 41.0. The Bertz CT molecular complexity index is 1010. The van der Waals surface area contributed by atoms with Crippen LogP contribution in [-0.4, -0.2) is 21.9 Å². The predicted octanol–water partition coefficient (Wildman–Crippen LogP) is 6.31. The number of hydrogen-bond donors (Lipinski definition) is 0. The lowest BCUT2D eigenvalue weighted by atomic mass is 10.1. The minimum Gasteiger partial charge on any atom is -0.345 e. The summed E-state index contributed by atoms with van der Waals surface area (Å²) in [6.07, 6.45) is -0.689. The van der Waals surface area contributed by atoms with E-state index in [9.17, 15) is 18.0 Å². The molecule has 0 saturated carbocycles. The zero-order chi connectivity index (χ0) is 22.4. The normalized spacial score (nSPS) is 11.5. The molecule has 0 radical (unpaired) electrons. The van der Waals surface area contributed by atoms with Gasteiger partial charge < -0.3 is 9.47 Å². The van der Waals surface area contributed by atoms with Gasteiger partial charge in [-0.15, -0.1) is 0 Å². The molecule has 31 heavy (non-hydrogen) atoms. The van der Waals surface area contributed by atoms with Crippen LogP contribution in [0.25, 0.3) is 0 Å². The van der Waals surface area contributed by atoms with Crippen LogP contribution < -0.4 is 0 Å². The van der Waals surface area contributed by atoms with Gasteiger partial charge >= 0.3 is 6.18 Å². The van der Waals surface area contributed by atoms with Crippen LogP contribution in [0.4, 0.5) is 13.2 Å². The average Bonchev–Trinajstić information content (AvgIpc) is 3.17. The van der Waals surface area contributed by atoms with E-state index in [1.54, 1.807) is 6.07 Å². The summed E-state index contributed by atoms with van der Waals surface area (Å²) in [5.74, 6) is -0.0414. The molecule has 3 rings (SSSR count). The highest BCUT2D eigenvalue weighted by atomic mass is 19.4. The van der Waals surface area contributed by atoms with Crippen molar-refractivity contribution >= 4 is 5.91 Å². The van der Waals surface area contributed by atoms with Gasteiger partial charge in [-0.2, -0.15) is 13.2 Å². The van der Waals surface area contributed by atoms with Gasteiger partial charge in [0.2, 0.25) is 0 Å². The van der Waals surface area contributed by atoms with Crippen molar-refractivity contribution in [1.82, 2.24) is 9.47 Å². The molecule has 1 amide bonds. The Hall–Kier alpha value is -3.02. The number of unbranched alkanes of at least 4 members (excludes halogenated alkanes) is 1. The second-order valence-electron chi connectivity index (χ2n) is 7.77. The predicted molar refractivity (Wildman–Crippen MR) is 116 cm³/mol. The van der Waals surface area contributed by atoms with Crippen molar-refractivity contribution in [2.75, 3.05) is 6.54 Å². The average molecular weight is 428 g/mol. The van der Waals surface area contributed by atoms with E-state index in [-0.39, 0.29) is 5.91 Å². The number of hydrogen-bond acceptors (Lipinski definition) is 1. The first-order chi connectivity index (χ1) is 14.8. The molecule has 1 aromatic heterocycles. The van der Waals surface area contributed by atoms with Gasteiger partial charge in [0, 0.05) is 30.5 Å². The molecule has 6 heteroatoms. The Morgan fingerprint density at radius 1 is 1.03 bits per heavy atom. The van der Waals surface area contributed by atoms with Crippen molar-refractivity contribution in [1.29, 1.82) is 0 Å². The smallest absolute Gasteiger partial charge is 0.345 e. The Morgan fingerprint density at radius 3 is 2.45 bits per heavy atom. The maximum absolute atomic E-state index is 13.1. The number of benzene rings is 2. The summed E-state index contributed by atoms with van der Waals surface area (Å²) in [4.78, 5) is 14.9. The van der Waals surface area contributed by atoms with Crippen molar-refractivity contribution in [3.63, 3.8) is 0 Å². The third kappa shape index (κ3) is 6.00. The lowest BCUT2D eigenvalue weighted by Crippen LogP contribution is -2.32. The van der Waals surface area contributed by atoms with E-state index < -0.39 is 11.7 Å². The fourth-order valence-corrected chi connectivity index (χ4v) is 3.47. The first kappa shape index (κ1) is 22.7. The summed E-state index contributed by atoms with van der Waals surface area (Å²) in [6.45, 7) is 5.39. The minimum absolute atomic E-state index is 0.0414. The zero-order valence-electron chi connectivity index (χ0n) is 17.8. The number of carbonyl (C=O) groups excluding carboxylic acids is 1. The summed E-state index contributed by atoms with van der Waals surface area (Å²) in [5, 5.41) is 0. The van der Waals surface area contributed by atoms with Gasteiger partial charge in [-0.05, 0) is 55.3 Å². The van der Waals surface area contributed by atoms with E-state index in [1.807, 2.05) is 59.0 Å². The van der Waals surface area contributed by atoms with Crippen molar-refractivity contribution in [2.45, 2.75) is 46.0 Å². The van der Waals surface area contributed by atoms with Gasteiger partial charge in [0.25, 0.3) is 5.91 Å². The largest absolute Gasteiger partial charge is 0.416 e. The van der Waals surface area contributed by atoms with Crippen molar-refractivity contribution in [2.24, 2.45) is 0 Å². The quantitative estimate of drug-likeness (QED) is 0.413. The van der Waals surface area contributed by atoms with Crippen molar-refractivity contribution < 1.29 is 18.0 Å². The van der Waals surface area contributed by atoms with E-state index in [1.165, 1.54) is 12.1 Å². The number of halogens is 3. The first-order valence-electron chi connectivity index (χ1n) is 10.4. The van der Waals surface area contributed by atoms with Crippen LogP contribution >= 0.6 is 0 Å². The molecule has 3 aromatic rings. The molecule has 0 N–H and O–H groups in total. The molecule has 2 aromatic carbocycles. The molecule has 0 saturated heterocycles. The first-order valence-corrected chi connectivity index (χ1v) is 10.4. The van der Waals surface area contributed by atoms with Gasteiger partial charge in [-0.25, -0.2) is 0 Å². The Morgan fingerprint density at radius 2 is 1.77 bits per heavy atom. The van der Waals surface area contributed by atoms with Gasteiger partial charge in [0.15, 0.2) is 0 Å². The molecule has 0 aliphatic heterocycles. The Labute approximate surface area is 181 Å². The summed E-state index contributed by atoms with van der Waals surface area (Å²) in [6, 6.07) is 16.6. The van der Waals surface area contributed by atoms with Crippen LogP contribution in [0.2, 0.25) is 0 Å².